The van der Waals surface area contributed by atoms with Gasteiger partial charge in [-0.15, -0.1) is 0 Å². The van der Waals surface area contributed by atoms with Crippen molar-refractivity contribution in [3.05, 3.63) is 11.6 Å². The first-order valence-electron chi connectivity index (χ1n) is 11.3. The van der Waals surface area contributed by atoms with Crippen LogP contribution in [0.3, 0.4) is 0 Å². The molecular weight excluding hydrogens is 336 g/mol. The van der Waals surface area contributed by atoms with Gasteiger partial charge in [-0.3, -0.25) is 4.79 Å². The molecule has 0 amide bonds. The van der Waals surface area contributed by atoms with Crippen molar-refractivity contribution in [2.24, 2.45) is 40.4 Å². The molecule has 3 saturated carbocycles. The number of hydrogen-bond donors (Lipinski definition) is 2. The molecule has 0 bridgehead atoms. The topological polar surface area (TPSA) is 57.5 Å². The van der Waals surface area contributed by atoms with E-state index < -0.39 is 0 Å². The first-order chi connectivity index (χ1) is 12.8. The molecule has 2 N–H and O–H groups in total. The summed E-state index contributed by atoms with van der Waals surface area (Å²) in [6.45, 7) is 7.51. The van der Waals surface area contributed by atoms with Gasteiger partial charge in [0.2, 0.25) is 0 Å². The molecule has 4 aliphatic rings. The second-order valence-corrected chi connectivity index (χ2v) is 10.7. The summed E-state index contributed by atoms with van der Waals surface area (Å²) in [5, 5.41) is 19.4. The molecule has 3 fully saturated rings. The van der Waals surface area contributed by atoms with Crippen molar-refractivity contribution in [1.29, 1.82) is 0 Å². The predicted molar refractivity (Wildman–Crippen MR) is 107 cm³/mol. The number of hydrogen-bond acceptors (Lipinski definition) is 3. The largest absolute Gasteiger partial charge is 0.396 e. The highest BCUT2D eigenvalue weighted by Gasteiger charge is 2.61. The van der Waals surface area contributed by atoms with E-state index in [0.717, 1.165) is 32.1 Å². The summed E-state index contributed by atoms with van der Waals surface area (Å²) in [7, 11) is 0. The van der Waals surface area contributed by atoms with Crippen molar-refractivity contribution in [3.8, 4) is 0 Å². The zero-order valence-corrected chi connectivity index (χ0v) is 17.4. The molecule has 3 heteroatoms. The van der Waals surface area contributed by atoms with Crippen LogP contribution in [-0.4, -0.2) is 28.7 Å². The van der Waals surface area contributed by atoms with Gasteiger partial charge >= 0.3 is 0 Å². The number of ketones is 1. The fourth-order valence-corrected chi connectivity index (χ4v) is 7.97. The summed E-state index contributed by atoms with van der Waals surface area (Å²) in [6.07, 6.45) is 11.2. The SMILES string of the molecule is C[C@H](CCCO)[C@H]1CC[C@H]2[C@@H]3C(=O)C=C4C[C@H](O)CC[C@]4(C)[C@H]3CC[C@]12C. The van der Waals surface area contributed by atoms with E-state index in [1.807, 2.05) is 6.08 Å². The van der Waals surface area contributed by atoms with Gasteiger partial charge in [-0.2, -0.15) is 0 Å². The highest BCUT2D eigenvalue weighted by atomic mass is 16.3. The Kier molecular flexibility index (Phi) is 5.08. The first kappa shape index (κ1) is 19.6. The Morgan fingerprint density at radius 1 is 1.15 bits per heavy atom. The number of allylic oxidation sites excluding steroid dienone is 1. The standard InChI is InChI=1S/C24H38O3/c1-15(5-4-12-25)18-6-7-19-22-20(9-11-24(18,19)3)23(2)10-8-17(26)13-16(23)14-21(22)27/h14-15,17-20,22,25-26H,4-13H2,1-3H3/t15-,17-,18-,19+,20+,22+,23+,24-/m1/s1. The Balaban J connectivity index is 1.62. The van der Waals surface area contributed by atoms with E-state index in [0.29, 0.717) is 35.9 Å². The third-order valence-corrected chi connectivity index (χ3v) is 9.50. The summed E-state index contributed by atoms with van der Waals surface area (Å²) >= 11 is 0. The third kappa shape index (κ3) is 2.95. The highest BCUT2D eigenvalue weighted by Crippen LogP contribution is 2.66. The van der Waals surface area contributed by atoms with Crippen molar-refractivity contribution < 1.29 is 15.0 Å². The third-order valence-electron chi connectivity index (χ3n) is 9.50. The van der Waals surface area contributed by atoms with Gasteiger partial charge in [-0.1, -0.05) is 26.3 Å². The molecule has 152 valence electrons. The van der Waals surface area contributed by atoms with Gasteiger partial charge in [-0.05, 0) is 98.4 Å². The number of aliphatic hydroxyl groups is 2. The number of fused-ring (bicyclic) bond motifs is 5. The van der Waals surface area contributed by atoms with Crippen LogP contribution in [0.1, 0.15) is 78.6 Å². The molecule has 0 aromatic carbocycles. The number of aliphatic hydroxyl groups excluding tert-OH is 2. The summed E-state index contributed by atoms with van der Waals surface area (Å²) in [5.41, 5.74) is 1.64. The van der Waals surface area contributed by atoms with Gasteiger partial charge in [0.1, 0.15) is 0 Å². The van der Waals surface area contributed by atoms with Crippen molar-refractivity contribution in [2.75, 3.05) is 6.61 Å². The van der Waals surface area contributed by atoms with Gasteiger partial charge in [0.25, 0.3) is 0 Å². The highest BCUT2D eigenvalue weighted by molar-refractivity contribution is 5.94. The Morgan fingerprint density at radius 3 is 2.67 bits per heavy atom. The fraction of sp³-hybridized carbons (Fsp3) is 0.875. The van der Waals surface area contributed by atoms with Crippen molar-refractivity contribution in [3.63, 3.8) is 0 Å². The lowest BCUT2D eigenvalue weighted by Crippen LogP contribution is -2.53. The van der Waals surface area contributed by atoms with Crippen LogP contribution in [0, 0.1) is 40.4 Å². The zero-order valence-electron chi connectivity index (χ0n) is 17.4. The van der Waals surface area contributed by atoms with Gasteiger partial charge in [0.15, 0.2) is 5.78 Å². The lowest BCUT2D eigenvalue weighted by Gasteiger charge is -2.57. The quantitative estimate of drug-likeness (QED) is 0.761. The molecule has 0 aromatic rings. The molecule has 0 radical (unpaired) electrons. The molecule has 3 nitrogen and oxygen atoms in total. The normalized spacial score (nSPS) is 47.7. The second-order valence-electron chi connectivity index (χ2n) is 10.7. The van der Waals surface area contributed by atoms with Crippen molar-refractivity contribution in [1.82, 2.24) is 0 Å². The molecule has 0 heterocycles. The molecule has 8 atom stereocenters. The monoisotopic (exact) mass is 374 g/mol. The summed E-state index contributed by atoms with van der Waals surface area (Å²) in [4.78, 5) is 13.3. The van der Waals surface area contributed by atoms with Gasteiger partial charge in [0.05, 0.1) is 6.10 Å². The number of rotatable bonds is 4. The molecule has 0 unspecified atom stereocenters. The molecule has 0 spiro atoms. The predicted octanol–water partition coefficient (Wildman–Crippen LogP) is 4.51. The summed E-state index contributed by atoms with van der Waals surface area (Å²) in [6, 6.07) is 0. The van der Waals surface area contributed by atoms with Gasteiger partial charge < -0.3 is 10.2 Å². The van der Waals surface area contributed by atoms with E-state index in [2.05, 4.69) is 20.8 Å². The minimum atomic E-state index is -0.259. The van der Waals surface area contributed by atoms with Crippen LogP contribution < -0.4 is 0 Å². The first-order valence-corrected chi connectivity index (χ1v) is 11.3. The number of carbonyl (C=O) groups excluding carboxylic acids is 1. The van der Waals surface area contributed by atoms with E-state index in [1.54, 1.807) is 0 Å². The molecule has 0 saturated heterocycles. The van der Waals surface area contributed by atoms with Crippen LogP contribution in [0.2, 0.25) is 0 Å². The molecule has 4 aliphatic carbocycles. The number of carbonyl (C=O) groups is 1. The van der Waals surface area contributed by atoms with Crippen LogP contribution in [-0.2, 0) is 4.79 Å². The molecule has 0 aromatic heterocycles. The summed E-state index contributed by atoms with van der Waals surface area (Å²) in [5.74, 6) is 2.88. The van der Waals surface area contributed by atoms with E-state index in [-0.39, 0.29) is 29.5 Å². The molecule has 27 heavy (non-hydrogen) atoms. The maximum atomic E-state index is 13.3. The Hall–Kier alpha value is -0.670. The van der Waals surface area contributed by atoms with E-state index >= 15 is 0 Å². The molecule has 0 aliphatic heterocycles. The van der Waals surface area contributed by atoms with Crippen LogP contribution in [0.4, 0.5) is 0 Å². The zero-order chi connectivity index (χ0) is 19.4. The van der Waals surface area contributed by atoms with Gasteiger partial charge in [-0.25, -0.2) is 0 Å². The van der Waals surface area contributed by atoms with Crippen LogP contribution in [0.15, 0.2) is 11.6 Å². The van der Waals surface area contributed by atoms with Crippen LogP contribution in [0.25, 0.3) is 0 Å². The second kappa shape index (κ2) is 6.99. The average molecular weight is 375 g/mol. The Morgan fingerprint density at radius 2 is 1.93 bits per heavy atom. The van der Waals surface area contributed by atoms with E-state index in [9.17, 15) is 15.0 Å². The van der Waals surface area contributed by atoms with E-state index in [4.69, 9.17) is 0 Å². The van der Waals surface area contributed by atoms with Crippen molar-refractivity contribution >= 4 is 5.78 Å². The average Bonchev–Trinajstić information content (AvgIpc) is 2.98. The van der Waals surface area contributed by atoms with Crippen LogP contribution in [0.5, 0.6) is 0 Å². The smallest absolute Gasteiger partial charge is 0.159 e. The Labute approximate surface area is 164 Å². The van der Waals surface area contributed by atoms with Gasteiger partial charge in [0, 0.05) is 12.5 Å². The lowest BCUT2D eigenvalue weighted by molar-refractivity contribution is -0.135. The van der Waals surface area contributed by atoms with Crippen molar-refractivity contribution in [2.45, 2.75) is 84.7 Å². The maximum Gasteiger partial charge on any atom is 0.159 e. The van der Waals surface area contributed by atoms with Crippen LogP contribution >= 0.6 is 0 Å². The fourth-order valence-electron chi connectivity index (χ4n) is 7.97. The Bertz CT molecular complexity index is 625. The minimum Gasteiger partial charge on any atom is -0.396 e. The summed E-state index contributed by atoms with van der Waals surface area (Å²) < 4.78 is 0. The minimum absolute atomic E-state index is 0.125. The maximum absolute atomic E-state index is 13.3. The molecule has 4 rings (SSSR count). The van der Waals surface area contributed by atoms with E-state index in [1.165, 1.54) is 24.8 Å². The lowest BCUT2D eigenvalue weighted by atomic mass is 9.46. The molecular formula is C24H38O3.